The Morgan fingerprint density at radius 1 is 1.10 bits per heavy atom. The van der Waals surface area contributed by atoms with E-state index in [-0.39, 0.29) is 5.82 Å². The number of rotatable bonds is 6. The molecule has 21 heavy (non-hydrogen) atoms. The second kappa shape index (κ2) is 7.22. The summed E-state index contributed by atoms with van der Waals surface area (Å²) in [4.78, 5) is 8.79. The molecule has 2 aromatic rings. The van der Waals surface area contributed by atoms with Gasteiger partial charge in [-0.1, -0.05) is 25.4 Å². The number of benzene rings is 1. The maximum Gasteiger partial charge on any atom is 0.136 e. The zero-order chi connectivity index (χ0) is 15.2. The van der Waals surface area contributed by atoms with Crippen LogP contribution in [0.5, 0.6) is 0 Å². The van der Waals surface area contributed by atoms with Gasteiger partial charge >= 0.3 is 0 Å². The molecule has 1 aromatic heterocycles. The smallest absolute Gasteiger partial charge is 0.136 e. The average Bonchev–Trinajstić information content (AvgIpc) is 2.43. The molecule has 0 radical (unpaired) electrons. The van der Waals surface area contributed by atoms with Crippen molar-refractivity contribution in [3.63, 3.8) is 0 Å². The summed E-state index contributed by atoms with van der Waals surface area (Å²) in [5, 5.41) is 6.63. The molecule has 2 rings (SSSR count). The minimum atomic E-state index is -0.390. The van der Waals surface area contributed by atoms with Gasteiger partial charge in [-0.2, -0.15) is 0 Å². The Morgan fingerprint density at radius 3 is 2.52 bits per heavy atom. The highest BCUT2D eigenvalue weighted by Crippen LogP contribution is 2.22. The lowest BCUT2D eigenvalue weighted by Gasteiger charge is -2.11. The number of nitrogens with zero attached hydrogens (tertiary/aromatic N) is 2. The second-order valence-electron chi connectivity index (χ2n) is 4.62. The van der Waals surface area contributed by atoms with Gasteiger partial charge in [0.15, 0.2) is 0 Å². The molecule has 0 atom stereocenters. The number of halogens is 2. The topological polar surface area (TPSA) is 49.8 Å². The fourth-order valence-corrected chi connectivity index (χ4v) is 2.06. The van der Waals surface area contributed by atoms with E-state index < -0.39 is 0 Å². The third-order valence-corrected chi connectivity index (χ3v) is 3.00. The predicted octanol–water partition coefficient (Wildman–Crippen LogP) is 4.40. The first-order chi connectivity index (χ1) is 10.1. The van der Waals surface area contributed by atoms with E-state index in [1.807, 2.05) is 6.92 Å². The van der Waals surface area contributed by atoms with Gasteiger partial charge in [0.1, 0.15) is 23.3 Å². The van der Waals surface area contributed by atoms with Crippen LogP contribution in [0.15, 0.2) is 24.3 Å². The van der Waals surface area contributed by atoms with Crippen LogP contribution in [-0.2, 0) is 6.42 Å². The average molecular weight is 309 g/mol. The molecular formula is C15H18ClFN4. The molecule has 0 spiro atoms. The fourth-order valence-electron chi connectivity index (χ4n) is 1.84. The van der Waals surface area contributed by atoms with Crippen molar-refractivity contribution in [1.29, 1.82) is 0 Å². The number of anilines is 3. The number of hydrogen-bond donors (Lipinski definition) is 2. The van der Waals surface area contributed by atoms with Crippen LogP contribution in [0.1, 0.15) is 26.1 Å². The molecule has 0 saturated heterocycles. The van der Waals surface area contributed by atoms with Crippen molar-refractivity contribution in [3.8, 4) is 0 Å². The van der Waals surface area contributed by atoms with E-state index in [0.29, 0.717) is 16.5 Å². The molecule has 0 unspecified atom stereocenters. The maximum absolute atomic E-state index is 13.4. The summed E-state index contributed by atoms with van der Waals surface area (Å²) in [5.74, 6) is 1.70. The van der Waals surface area contributed by atoms with Crippen LogP contribution in [0.2, 0.25) is 5.02 Å². The van der Waals surface area contributed by atoms with Crippen molar-refractivity contribution < 1.29 is 4.39 Å². The zero-order valence-corrected chi connectivity index (χ0v) is 12.8. The minimum Gasteiger partial charge on any atom is -0.370 e. The normalized spacial score (nSPS) is 10.5. The molecule has 0 saturated carbocycles. The van der Waals surface area contributed by atoms with Gasteiger partial charge in [0, 0.05) is 29.7 Å². The van der Waals surface area contributed by atoms with Gasteiger partial charge in [-0.25, -0.2) is 14.4 Å². The number of aryl methyl sites for hydroxylation is 1. The van der Waals surface area contributed by atoms with Crippen molar-refractivity contribution in [2.45, 2.75) is 26.7 Å². The lowest BCUT2D eigenvalue weighted by molar-refractivity contribution is 0.628. The molecule has 0 aliphatic heterocycles. The van der Waals surface area contributed by atoms with Gasteiger partial charge in [-0.3, -0.25) is 0 Å². The molecule has 0 fully saturated rings. The van der Waals surface area contributed by atoms with Crippen molar-refractivity contribution in [1.82, 2.24) is 9.97 Å². The lowest BCUT2D eigenvalue weighted by atomic mass is 10.3. The van der Waals surface area contributed by atoms with Crippen LogP contribution >= 0.6 is 11.6 Å². The van der Waals surface area contributed by atoms with E-state index in [1.165, 1.54) is 12.1 Å². The van der Waals surface area contributed by atoms with Crippen molar-refractivity contribution in [2.75, 3.05) is 17.2 Å². The molecule has 112 valence electrons. The van der Waals surface area contributed by atoms with E-state index in [2.05, 4.69) is 27.5 Å². The molecule has 4 nitrogen and oxygen atoms in total. The zero-order valence-electron chi connectivity index (χ0n) is 12.1. The Labute approximate surface area is 128 Å². The van der Waals surface area contributed by atoms with E-state index >= 15 is 0 Å². The van der Waals surface area contributed by atoms with Gasteiger partial charge in [-0.05, 0) is 24.6 Å². The molecule has 0 amide bonds. The quantitative estimate of drug-likeness (QED) is 0.830. The molecule has 1 heterocycles. The largest absolute Gasteiger partial charge is 0.370 e. The van der Waals surface area contributed by atoms with Crippen LogP contribution in [-0.4, -0.2) is 16.5 Å². The van der Waals surface area contributed by atoms with Gasteiger partial charge in [0.25, 0.3) is 0 Å². The summed E-state index contributed by atoms with van der Waals surface area (Å²) < 4.78 is 13.4. The van der Waals surface area contributed by atoms with E-state index in [9.17, 15) is 4.39 Å². The Morgan fingerprint density at radius 2 is 1.86 bits per heavy atom. The minimum absolute atomic E-state index is 0.339. The van der Waals surface area contributed by atoms with Crippen LogP contribution in [0.3, 0.4) is 0 Å². The molecule has 0 aliphatic carbocycles. The van der Waals surface area contributed by atoms with E-state index in [1.54, 1.807) is 12.1 Å². The maximum atomic E-state index is 13.4. The molecule has 1 aromatic carbocycles. The van der Waals surface area contributed by atoms with Gasteiger partial charge in [0.05, 0.1) is 0 Å². The van der Waals surface area contributed by atoms with E-state index in [0.717, 1.165) is 31.0 Å². The molecular weight excluding hydrogens is 291 g/mol. The van der Waals surface area contributed by atoms with E-state index in [4.69, 9.17) is 11.6 Å². The number of nitrogens with one attached hydrogen (secondary N) is 2. The Hall–Kier alpha value is -1.88. The third kappa shape index (κ3) is 4.56. The van der Waals surface area contributed by atoms with Gasteiger partial charge < -0.3 is 10.6 Å². The Bertz CT molecular complexity index is 598. The molecule has 0 bridgehead atoms. The van der Waals surface area contributed by atoms with Crippen molar-refractivity contribution in [2.24, 2.45) is 0 Å². The van der Waals surface area contributed by atoms with Gasteiger partial charge in [-0.15, -0.1) is 0 Å². The number of hydrogen-bond acceptors (Lipinski definition) is 4. The summed E-state index contributed by atoms with van der Waals surface area (Å²) >= 11 is 5.85. The highest BCUT2D eigenvalue weighted by atomic mass is 35.5. The third-order valence-electron chi connectivity index (χ3n) is 2.78. The lowest BCUT2D eigenvalue weighted by Crippen LogP contribution is -2.06. The summed E-state index contributed by atoms with van der Waals surface area (Å²) in [6, 6.07) is 6.09. The van der Waals surface area contributed by atoms with Crippen LogP contribution < -0.4 is 10.6 Å². The SMILES string of the molecule is CCCNc1cc(Nc2cc(F)cc(Cl)c2)nc(CC)n1. The summed E-state index contributed by atoms with van der Waals surface area (Å²) in [7, 11) is 0. The highest BCUT2D eigenvalue weighted by molar-refractivity contribution is 6.30. The first-order valence-electron chi connectivity index (χ1n) is 6.95. The van der Waals surface area contributed by atoms with Gasteiger partial charge in [0.2, 0.25) is 0 Å². The van der Waals surface area contributed by atoms with Crippen LogP contribution in [0.25, 0.3) is 0 Å². The summed E-state index contributed by atoms with van der Waals surface area (Å²) in [5.41, 5.74) is 0.558. The molecule has 0 aliphatic rings. The van der Waals surface area contributed by atoms with Crippen molar-refractivity contribution in [3.05, 3.63) is 40.9 Å². The molecule has 6 heteroatoms. The van der Waals surface area contributed by atoms with Crippen LogP contribution in [0, 0.1) is 5.82 Å². The predicted molar refractivity (Wildman–Crippen MR) is 84.9 cm³/mol. The summed E-state index contributed by atoms with van der Waals surface area (Å²) in [6.07, 6.45) is 1.73. The van der Waals surface area contributed by atoms with Crippen molar-refractivity contribution >= 4 is 28.9 Å². The first kappa shape index (κ1) is 15.5. The standard InChI is InChI=1S/C15H18ClFN4/c1-3-5-18-14-9-15(21-13(4-2)20-14)19-12-7-10(16)6-11(17)8-12/h6-9H,3-5H2,1-2H3,(H2,18,19,20,21). The Kier molecular flexibility index (Phi) is 5.33. The first-order valence-corrected chi connectivity index (χ1v) is 7.33. The fraction of sp³-hybridized carbons (Fsp3) is 0.333. The Balaban J connectivity index is 2.25. The molecule has 2 N–H and O–H groups in total. The highest BCUT2D eigenvalue weighted by Gasteiger charge is 2.05. The second-order valence-corrected chi connectivity index (χ2v) is 5.05. The monoisotopic (exact) mass is 308 g/mol. The summed E-state index contributed by atoms with van der Waals surface area (Å²) in [6.45, 7) is 4.91. The number of aromatic nitrogens is 2. The van der Waals surface area contributed by atoms with Crippen LogP contribution in [0.4, 0.5) is 21.7 Å².